The quantitative estimate of drug-likeness (QED) is 0.446. The highest BCUT2D eigenvalue weighted by molar-refractivity contribution is 7.89. The van der Waals surface area contributed by atoms with E-state index < -0.39 is 28.3 Å². The second kappa shape index (κ2) is 12.2. The molecular weight excluding hydrogens is 498 g/mol. The molecule has 2 saturated heterocycles. The predicted octanol–water partition coefficient (Wildman–Crippen LogP) is 1.49. The first-order chi connectivity index (χ1) is 17.8. The van der Waals surface area contributed by atoms with E-state index in [2.05, 4.69) is 5.32 Å². The minimum atomic E-state index is -3.93. The van der Waals surface area contributed by atoms with Crippen LogP contribution in [0.2, 0.25) is 0 Å². The number of carbonyl (C=O) groups excluding carboxylic acids is 1. The van der Waals surface area contributed by atoms with Gasteiger partial charge in [0.1, 0.15) is 11.9 Å². The van der Waals surface area contributed by atoms with Crippen LogP contribution in [0.15, 0.2) is 59.5 Å². The van der Waals surface area contributed by atoms with Crippen molar-refractivity contribution in [3.05, 3.63) is 60.2 Å². The number of amides is 1. The summed E-state index contributed by atoms with van der Waals surface area (Å²) in [7, 11) is -0.502. The molecule has 3 atom stereocenters. The highest BCUT2D eigenvalue weighted by Gasteiger charge is 2.40. The van der Waals surface area contributed by atoms with Gasteiger partial charge in [-0.2, -0.15) is 4.31 Å². The molecule has 2 aromatic rings. The Morgan fingerprint density at radius 3 is 2.49 bits per heavy atom. The van der Waals surface area contributed by atoms with Crippen molar-refractivity contribution in [2.24, 2.45) is 0 Å². The van der Waals surface area contributed by atoms with E-state index in [1.807, 2.05) is 42.3 Å². The van der Waals surface area contributed by atoms with Crippen LogP contribution in [-0.4, -0.2) is 100 Å². The molecule has 2 aromatic carbocycles. The number of rotatable bonds is 11. The predicted molar refractivity (Wildman–Crippen MR) is 137 cm³/mol. The van der Waals surface area contributed by atoms with Crippen molar-refractivity contribution in [3.8, 4) is 5.75 Å². The molecule has 4 rings (SSSR count). The maximum atomic E-state index is 13.7. The Hall–Kier alpha value is -2.70. The van der Waals surface area contributed by atoms with Crippen molar-refractivity contribution in [3.63, 3.8) is 0 Å². The van der Waals surface area contributed by atoms with Crippen LogP contribution in [0, 0.1) is 0 Å². The number of alkyl carbamates (subject to hydrolysis) is 1. The van der Waals surface area contributed by atoms with Crippen molar-refractivity contribution in [2.75, 3.05) is 47.0 Å². The number of carbonyl (C=O) groups is 1. The van der Waals surface area contributed by atoms with E-state index in [0.29, 0.717) is 44.9 Å². The second-order valence-electron chi connectivity index (χ2n) is 9.52. The number of hydrogen-bond acceptors (Lipinski definition) is 8. The van der Waals surface area contributed by atoms with Gasteiger partial charge >= 0.3 is 6.09 Å². The highest BCUT2D eigenvalue weighted by atomic mass is 32.2. The lowest BCUT2D eigenvalue weighted by Crippen LogP contribution is -2.62. The summed E-state index contributed by atoms with van der Waals surface area (Å²) in [5.74, 6) is 0.548. The summed E-state index contributed by atoms with van der Waals surface area (Å²) in [6.45, 7) is 1.77. The van der Waals surface area contributed by atoms with Crippen molar-refractivity contribution < 1.29 is 32.5 Å². The normalized spacial score (nSPS) is 20.3. The Morgan fingerprint density at radius 1 is 1.19 bits per heavy atom. The van der Waals surface area contributed by atoms with Gasteiger partial charge < -0.3 is 29.5 Å². The molecule has 0 bridgehead atoms. The maximum Gasteiger partial charge on any atom is 0.407 e. The zero-order valence-corrected chi connectivity index (χ0v) is 22.0. The second-order valence-corrected chi connectivity index (χ2v) is 11.4. The number of methoxy groups -OCH3 is 1. The summed E-state index contributed by atoms with van der Waals surface area (Å²) in [6, 6.07) is 14.5. The minimum absolute atomic E-state index is 0.114. The number of nitrogens with one attached hydrogen (secondary N) is 1. The monoisotopic (exact) mass is 533 g/mol. The third-order valence-corrected chi connectivity index (χ3v) is 8.65. The van der Waals surface area contributed by atoms with E-state index in [1.54, 1.807) is 12.1 Å². The molecule has 1 amide bonds. The van der Waals surface area contributed by atoms with Crippen LogP contribution >= 0.6 is 0 Å². The zero-order chi connectivity index (χ0) is 26.4. The van der Waals surface area contributed by atoms with Gasteiger partial charge in [-0.15, -0.1) is 0 Å². The first kappa shape index (κ1) is 27.3. The summed E-state index contributed by atoms with van der Waals surface area (Å²) in [4.78, 5) is 14.8. The Morgan fingerprint density at radius 2 is 1.89 bits per heavy atom. The Kier molecular flexibility index (Phi) is 9.04. The number of nitrogens with zero attached hydrogens (tertiary/aromatic N) is 2. The fraction of sp³-hybridized carbons (Fsp3) is 0.500. The summed E-state index contributed by atoms with van der Waals surface area (Å²) in [5.41, 5.74) is 0.893. The van der Waals surface area contributed by atoms with E-state index in [1.165, 1.54) is 23.5 Å². The molecule has 0 spiro atoms. The van der Waals surface area contributed by atoms with Gasteiger partial charge in [-0.1, -0.05) is 30.3 Å². The molecule has 2 N–H and O–H groups in total. The van der Waals surface area contributed by atoms with Crippen LogP contribution in [0.3, 0.4) is 0 Å². The van der Waals surface area contributed by atoms with Crippen LogP contribution in [0.25, 0.3) is 0 Å². The fourth-order valence-corrected chi connectivity index (χ4v) is 6.21. The van der Waals surface area contributed by atoms with Gasteiger partial charge in [0, 0.05) is 26.1 Å². The third kappa shape index (κ3) is 6.99. The molecule has 10 nitrogen and oxygen atoms in total. The number of likely N-dealkylation sites (N-methyl/N-ethyl adjacent to an activating group) is 1. The Bertz CT molecular complexity index is 1120. The van der Waals surface area contributed by atoms with Gasteiger partial charge in [-0.3, -0.25) is 0 Å². The molecule has 2 aliphatic heterocycles. The molecule has 0 saturated carbocycles. The molecule has 2 fully saturated rings. The summed E-state index contributed by atoms with van der Waals surface area (Å²) >= 11 is 0. The number of benzene rings is 2. The molecule has 1 unspecified atom stereocenters. The smallest absolute Gasteiger partial charge is 0.407 e. The number of ether oxygens (including phenoxy) is 3. The minimum Gasteiger partial charge on any atom is -0.497 e. The SMILES string of the molecule is COc1ccc(S(=O)(=O)N(C[C@@H](O)[C@H](Cc2ccccc2)NC(=O)OC2CCOC2)C2CN(C)C2)cc1. The summed E-state index contributed by atoms with van der Waals surface area (Å²) in [5, 5.41) is 14.1. The van der Waals surface area contributed by atoms with Crippen LogP contribution < -0.4 is 10.1 Å². The average molecular weight is 534 g/mol. The van der Waals surface area contributed by atoms with Gasteiger partial charge in [0.2, 0.25) is 10.0 Å². The number of aliphatic hydroxyl groups excluding tert-OH is 1. The first-order valence-electron chi connectivity index (χ1n) is 12.4. The summed E-state index contributed by atoms with van der Waals surface area (Å²) < 4.78 is 44.6. The Balaban J connectivity index is 1.54. The van der Waals surface area contributed by atoms with Gasteiger partial charge in [0.25, 0.3) is 0 Å². The molecule has 0 aliphatic carbocycles. The van der Waals surface area contributed by atoms with Crippen LogP contribution in [0.1, 0.15) is 12.0 Å². The van der Waals surface area contributed by atoms with E-state index in [0.717, 1.165) is 5.56 Å². The number of hydrogen-bond donors (Lipinski definition) is 2. The molecule has 202 valence electrons. The van der Waals surface area contributed by atoms with Gasteiger partial charge in [0.15, 0.2) is 0 Å². The van der Waals surface area contributed by atoms with Gasteiger partial charge in [-0.25, -0.2) is 13.2 Å². The van der Waals surface area contributed by atoms with E-state index in [-0.39, 0.29) is 23.6 Å². The molecular formula is C26H35N3O7S. The number of sulfonamides is 1. The van der Waals surface area contributed by atoms with Gasteiger partial charge in [-0.05, 0) is 43.3 Å². The lowest BCUT2D eigenvalue weighted by Gasteiger charge is -2.43. The van der Waals surface area contributed by atoms with Gasteiger partial charge in [0.05, 0.1) is 43.4 Å². The van der Waals surface area contributed by atoms with E-state index in [4.69, 9.17) is 14.2 Å². The van der Waals surface area contributed by atoms with Crippen LogP contribution in [0.5, 0.6) is 5.75 Å². The average Bonchev–Trinajstić information content (AvgIpc) is 3.38. The molecule has 2 aliphatic rings. The van der Waals surface area contributed by atoms with E-state index >= 15 is 0 Å². The lowest BCUT2D eigenvalue weighted by atomic mass is 10.0. The largest absolute Gasteiger partial charge is 0.497 e. The topological polar surface area (TPSA) is 118 Å². The van der Waals surface area contributed by atoms with Crippen LogP contribution in [-0.2, 0) is 25.9 Å². The van der Waals surface area contributed by atoms with E-state index in [9.17, 15) is 18.3 Å². The number of likely N-dealkylation sites (tertiary alicyclic amines) is 1. The maximum absolute atomic E-state index is 13.7. The molecule has 11 heteroatoms. The summed E-state index contributed by atoms with van der Waals surface area (Å²) in [6.07, 6.45) is -1.27. The highest BCUT2D eigenvalue weighted by Crippen LogP contribution is 2.25. The standard InChI is InChI=1S/C26H35N3O7S/c1-28-15-20(16-28)29(37(32,33)23-10-8-21(34-2)9-11-23)17-25(30)24(14-19-6-4-3-5-7-19)27-26(31)36-22-12-13-35-18-22/h3-11,20,22,24-25,30H,12-18H2,1-2H3,(H,27,31)/t22?,24-,25+/m0/s1. The molecule has 2 heterocycles. The van der Waals surface area contributed by atoms with Crippen LogP contribution in [0.4, 0.5) is 4.79 Å². The zero-order valence-electron chi connectivity index (χ0n) is 21.2. The fourth-order valence-electron chi connectivity index (χ4n) is 4.58. The molecule has 0 aromatic heterocycles. The third-order valence-electron chi connectivity index (χ3n) is 6.71. The van der Waals surface area contributed by atoms with Crippen molar-refractivity contribution in [1.29, 1.82) is 0 Å². The van der Waals surface area contributed by atoms with Crippen molar-refractivity contribution in [2.45, 2.75) is 42.0 Å². The van der Waals surface area contributed by atoms with Crippen molar-refractivity contribution >= 4 is 16.1 Å². The Labute approximate surface area is 218 Å². The number of aliphatic hydroxyl groups is 1. The molecule has 37 heavy (non-hydrogen) atoms. The lowest BCUT2D eigenvalue weighted by molar-refractivity contribution is 0.0446. The van der Waals surface area contributed by atoms with Crippen molar-refractivity contribution in [1.82, 2.24) is 14.5 Å². The molecule has 0 radical (unpaired) electrons. The first-order valence-corrected chi connectivity index (χ1v) is 13.8.